The molecule has 0 saturated heterocycles. The van der Waals surface area contributed by atoms with Crippen LogP contribution in [-0.2, 0) is 24.1 Å². The third kappa shape index (κ3) is 8.88. The van der Waals surface area contributed by atoms with Gasteiger partial charge in [-0.1, -0.05) is 32.0 Å². The van der Waals surface area contributed by atoms with E-state index in [1.807, 2.05) is 52.8 Å². The molecule has 1 atom stereocenters. The zero-order valence-electron chi connectivity index (χ0n) is 26.6. The first-order chi connectivity index (χ1) is 20.4. The number of benzene rings is 1. The molecule has 43 heavy (non-hydrogen) atoms. The molecule has 4 rings (SSSR count). The number of nitrogens with zero attached hydrogens (tertiary/aromatic N) is 3. The lowest BCUT2D eigenvalue weighted by atomic mass is 9.83. The molecule has 1 unspecified atom stereocenters. The molecule has 2 heterocycles. The van der Waals surface area contributed by atoms with Crippen LogP contribution in [0.3, 0.4) is 0 Å². The van der Waals surface area contributed by atoms with Crippen LogP contribution in [0.1, 0.15) is 93.8 Å². The number of aromatic nitrogens is 1. The molecule has 2 aromatic rings. The van der Waals surface area contributed by atoms with Crippen molar-refractivity contribution in [2.75, 3.05) is 19.6 Å². The van der Waals surface area contributed by atoms with Crippen LogP contribution in [-0.4, -0.2) is 74.9 Å². The van der Waals surface area contributed by atoms with Crippen molar-refractivity contribution in [1.82, 2.24) is 20.1 Å². The van der Waals surface area contributed by atoms with Crippen LogP contribution >= 0.6 is 0 Å². The smallest absolute Gasteiger partial charge is 0.408 e. The Morgan fingerprint density at radius 1 is 1.05 bits per heavy atom. The van der Waals surface area contributed by atoms with Crippen molar-refractivity contribution in [1.29, 1.82) is 0 Å². The minimum Gasteiger partial charge on any atom is -0.465 e. The number of carbonyl (C=O) groups is 3. The Hall–Kier alpha value is -3.26. The summed E-state index contributed by atoms with van der Waals surface area (Å²) in [6.45, 7) is 12.5. The first-order valence-corrected chi connectivity index (χ1v) is 16.0. The predicted octanol–water partition coefficient (Wildman–Crippen LogP) is 5.78. The number of rotatable bonds is 10. The lowest BCUT2D eigenvalue weighted by molar-refractivity contribution is -0.128. The predicted molar refractivity (Wildman–Crippen MR) is 169 cm³/mol. The number of hydrogen-bond donors (Lipinski definition) is 2. The number of amides is 2. The number of carbonyl (C=O) groups excluding carboxylic acids is 2. The Balaban J connectivity index is 1.27. The molecule has 234 valence electrons. The summed E-state index contributed by atoms with van der Waals surface area (Å²) >= 11 is 0. The van der Waals surface area contributed by atoms with Crippen molar-refractivity contribution in [2.45, 2.75) is 104 Å². The van der Waals surface area contributed by atoms with Gasteiger partial charge in [0.2, 0.25) is 5.91 Å². The van der Waals surface area contributed by atoms with E-state index in [4.69, 9.17) is 0 Å². The average Bonchev–Trinajstić information content (AvgIpc) is 3.17. The largest absolute Gasteiger partial charge is 0.465 e. The molecule has 1 aliphatic carbocycles. The second-order valence-electron chi connectivity index (χ2n) is 13.8. The monoisotopic (exact) mass is 590 g/mol. The first-order valence-electron chi connectivity index (χ1n) is 16.0. The maximum absolute atomic E-state index is 13.6. The minimum atomic E-state index is -1.10. The fourth-order valence-corrected chi connectivity index (χ4v) is 6.67. The molecule has 1 aromatic heterocycles. The molecule has 0 bridgehead atoms. The third-order valence-corrected chi connectivity index (χ3v) is 9.15. The molecule has 8 heteroatoms. The maximum Gasteiger partial charge on any atom is 0.408 e. The molecule has 1 fully saturated rings. The standard InChI is InChI=1S/C35H50N4O4/c1-24(2)32(40)29-11-10-27-15-19-38(20-16-28(27)22-29)18-14-25-8-12-30(13-9-25)37-33(41)31(21-26-7-6-17-36-23-26)39(34(42)43)35(3,4)5/h6-7,10-11,17,22-25,30-31H,8-9,12-16,18-21H2,1-5H3,(H,37,41)(H,42,43). The molecule has 2 amide bonds. The van der Waals surface area contributed by atoms with Crippen LogP contribution in [0.2, 0.25) is 0 Å². The van der Waals surface area contributed by atoms with Gasteiger partial charge in [0.15, 0.2) is 5.78 Å². The minimum absolute atomic E-state index is 0.0138. The first kappa shape index (κ1) is 32.6. The molecule has 1 aromatic carbocycles. The molecule has 0 radical (unpaired) electrons. The average molecular weight is 591 g/mol. The zero-order chi connectivity index (χ0) is 31.1. The fraction of sp³-hybridized carbons (Fsp3) is 0.600. The Labute approximate surface area is 257 Å². The van der Waals surface area contributed by atoms with Crippen molar-refractivity contribution in [3.63, 3.8) is 0 Å². The Morgan fingerprint density at radius 2 is 1.74 bits per heavy atom. The normalized spacial score (nSPS) is 20.1. The highest BCUT2D eigenvalue weighted by Crippen LogP contribution is 2.29. The lowest BCUT2D eigenvalue weighted by Gasteiger charge is -2.40. The number of fused-ring (bicyclic) bond motifs is 1. The molecule has 2 N–H and O–H groups in total. The molecule has 1 saturated carbocycles. The van der Waals surface area contributed by atoms with E-state index in [0.717, 1.165) is 75.7 Å². The molecule has 0 spiro atoms. The summed E-state index contributed by atoms with van der Waals surface area (Å²) in [5, 5.41) is 13.3. The van der Waals surface area contributed by atoms with E-state index < -0.39 is 17.7 Å². The molecule has 1 aliphatic heterocycles. The Morgan fingerprint density at radius 3 is 2.35 bits per heavy atom. The summed E-state index contributed by atoms with van der Waals surface area (Å²) in [4.78, 5) is 46.3. The van der Waals surface area contributed by atoms with E-state index in [-0.39, 0.29) is 30.1 Å². The number of ketones is 1. The van der Waals surface area contributed by atoms with Crippen molar-refractivity contribution in [2.24, 2.45) is 11.8 Å². The van der Waals surface area contributed by atoms with Crippen LogP contribution in [0, 0.1) is 11.8 Å². The van der Waals surface area contributed by atoms with E-state index in [9.17, 15) is 19.5 Å². The summed E-state index contributed by atoms with van der Waals surface area (Å²) in [6.07, 6.45) is 9.67. The number of carboxylic acid groups (broad SMARTS) is 1. The van der Waals surface area contributed by atoms with Crippen molar-refractivity contribution < 1.29 is 19.5 Å². The van der Waals surface area contributed by atoms with Crippen LogP contribution in [0.4, 0.5) is 4.79 Å². The second-order valence-corrected chi connectivity index (χ2v) is 13.8. The highest BCUT2D eigenvalue weighted by Gasteiger charge is 2.38. The summed E-state index contributed by atoms with van der Waals surface area (Å²) in [5.41, 5.74) is 3.64. The third-order valence-electron chi connectivity index (χ3n) is 9.15. The van der Waals surface area contributed by atoms with E-state index in [0.29, 0.717) is 5.92 Å². The SMILES string of the molecule is CC(C)C(=O)c1ccc2c(c1)CCN(CCC1CCC(NC(=O)C(Cc3cccnc3)N(C(=O)O)C(C)(C)C)CC1)CC2. The summed E-state index contributed by atoms with van der Waals surface area (Å²) in [7, 11) is 0. The van der Waals surface area contributed by atoms with Gasteiger partial charge in [0.1, 0.15) is 6.04 Å². The van der Waals surface area contributed by atoms with Gasteiger partial charge in [-0.15, -0.1) is 0 Å². The summed E-state index contributed by atoms with van der Waals surface area (Å²) < 4.78 is 0. The highest BCUT2D eigenvalue weighted by atomic mass is 16.4. The fourth-order valence-electron chi connectivity index (χ4n) is 6.67. The maximum atomic E-state index is 13.6. The van der Waals surface area contributed by atoms with Gasteiger partial charge in [-0.2, -0.15) is 0 Å². The van der Waals surface area contributed by atoms with E-state index in [2.05, 4.69) is 27.3 Å². The van der Waals surface area contributed by atoms with Gasteiger partial charge >= 0.3 is 6.09 Å². The van der Waals surface area contributed by atoms with Crippen LogP contribution in [0.25, 0.3) is 0 Å². The van der Waals surface area contributed by atoms with Gasteiger partial charge in [-0.25, -0.2) is 4.79 Å². The molecular formula is C35H50N4O4. The van der Waals surface area contributed by atoms with Gasteiger partial charge in [0.25, 0.3) is 0 Å². The summed E-state index contributed by atoms with van der Waals surface area (Å²) in [5.74, 6) is 0.630. The van der Waals surface area contributed by atoms with Gasteiger partial charge in [0, 0.05) is 55.0 Å². The van der Waals surface area contributed by atoms with Crippen molar-refractivity contribution in [3.8, 4) is 0 Å². The van der Waals surface area contributed by atoms with Gasteiger partial charge in [0.05, 0.1) is 0 Å². The lowest BCUT2D eigenvalue weighted by Crippen LogP contribution is -2.58. The number of nitrogens with one attached hydrogen (secondary N) is 1. The van der Waals surface area contributed by atoms with E-state index in [1.165, 1.54) is 16.0 Å². The zero-order valence-corrected chi connectivity index (χ0v) is 26.6. The van der Waals surface area contributed by atoms with Crippen LogP contribution in [0.15, 0.2) is 42.7 Å². The van der Waals surface area contributed by atoms with Gasteiger partial charge in [-0.05, 0) is 107 Å². The highest BCUT2D eigenvalue weighted by molar-refractivity contribution is 5.97. The van der Waals surface area contributed by atoms with Gasteiger partial charge < -0.3 is 15.3 Å². The van der Waals surface area contributed by atoms with Crippen LogP contribution in [0.5, 0.6) is 0 Å². The number of hydrogen-bond acceptors (Lipinski definition) is 5. The number of Topliss-reactive ketones (excluding diaryl/α,β-unsaturated/α-hetero) is 1. The quantitative estimate of drug-likeness (QED) is 0.340. The van der Waals surface area contributed by atoms with E-state index >= 15 is 0 Å². The van der Waals surface area contributed by atoms with Crippen molar-refractivity contribution in [3.05, 3.63) is 65.0 Å². The Kier molecular flexibility index (Phi) is 11.0. The van der Waals surface area contributed by atoms with E-state index in [1.54, 1.807) is 12.4 Å². The topological polar surface area (TPSA) is 103 Å². The van der Waals surface area contributed by atoms with Crippen molar-refractivity contribution >= 4 is 17.8 Å². The molecule has 8 nitrogen and oxygen atoms in total. The molecule has 2 aliphatic rings. The van der Waals surface area contributed by atoms with Crippen LogP contribution < -0.4 is 5.32 Å². The Bertz CT molecular complexity index is 1250. The van der Waals surface area contributed by atoms with Gasteiger partial charge in [-0.3, -0.25) is 19.5 Å². The summed E-state index contributed by atoms with van der Waals surface area (Å²) in [6, 6.07) is 9.20. The molecular weight excluding hydrogens is 540 g/mol. The number of pyridine rings is 1. The second kappa shape index (κ2) is 14.5.